The number of nitrogen functional groups attached to an aromatic ring is 1. The summed E-state index contributed by atoms with van der Waals surface area (Å²) in [5, 5.41) is 9.97. The monoisotopic (exact) mass is 216 g/mol. The summed E-state index contributed by atoms with van der Waals surface area (Å²) in [6.45, 7) is 0. The Balaban J connectivity index is 2.35. The Kier molecular flexibility index (Phi) is 1.74. The van der Waals surface area contributed by atoms with Crippen LogP contribution in [0.3, 0.4) is 0 Å². The Hall–Kier alpha value is -1.97. The molecular weight excluding hydrogens is 204 g/mol. The first kappa shape index (κ1) is 9.27. The molecule has 0 saturated carbocycles. The minimum Gasteiger partial charge on any atom is -0.478 e. The highest BCUT2D eigenvalue weighted by Gasteiger charge is 2.19. The fraction of sp³-hybridized carbons (Fsp3) is 0.250. The van der Waals surface area contributed by atoms with Gasteiger partial charge in [-0.05, 0) is 37.0 Å². The number of hydrogen-bond acceptors (Lipinski definition) is 2. The minimum absolute atomic E-state index is 0.263. The van der Waals surface area contributed by atoms with E-state index in [-0.39, 0.29) is 5.56 Å². The number of hydrogen-bond donors (Lipinski definition) is 3. The van der Waals surface area contributed by atoms with Crippen LogP contribution in [0.25, 0.3) is 10.9 Å². The van der Waals surface area contributed by atoms with Gasteiger partial charge in [-0.25, -0.2) is 4.79 Å². The van der Waals surface area contributed by atoms with Gasteiger partial charge in [0.1, 0.15) is 0 Å². The molecule has 0 bridgehead atoms. The molecule has 1 aliphatic carbocycles. The first-order valence-electron chi connectivity index (χ1n) is 5.33. The van der Waals surface area contributed by atoms with E-state index in [1.54, 1.807) is 6.07 Å². The van der Waals surface area contributed by atoms with Crippen molar-refractivity contribution >= 4 is 22.6 Å². The Morgan fingerprint density at radius 3 is 2.94 bits per heavy atom. The van der Waals surface area contributed by atoms with Crippen molar-refractivity contribution in [3.05, 3.63) is 29.0 Å². The highest BCUT2D eigenvalue weighted by atomic mass is 16.4. The number of rotatable bonds is 1. The summed E-state index contributed by atoms with van der Waals surface area (Å²) in [4.78, 5) is 14.2. The molecule has 0 radical (unpaired) electrons. The molecule has 0 amide bonds. The van der Waals surface area contributed by atoms with Crippen LogP contribution in [0.1, 0.15) is 28.0 Å². The number of nitrogens with two attached hydrogens (primary N) is 1. The summed E-state index contributed by atoms with van der Waals surface area (Å²) in [5.41, 5.74) is 9.98. The van der Waals surface area contributed by atoms with Crippen LogP contribution in [-0.2, 0) is 12.8 Å². The molecule has 1 heterocycles. The average molecular weight is 216 g/mol. The van der Waals surface area contributed by atoms with Crippen molar-refractivity contribution < 1.29 is 9.90 Å². The molecule has 16 heavy (non-hydrogen) atoms. The maximum atomic E-state index is 11.0. The van der Waals surface area contributed by atoms with Gasteiger partial charge in [0, 0.05) is 11.1 Å². The number of carboxylic acid groups (broad SMARTS) is 1. The molecule has 0 saturated heterocycles. The Labute approximate surface area is 92.1 Å². The maximum Gasteiger partial charge on any atom is 0.335 e. The summed E-state index contributed by atoms with van der Waals surface area (Å²) in [6.07, 6.45) is 3.18. The van der Waals surface area contributed by atoms with Gasteiger partial charge in [0.2, 0.25) is 0 Å². The third kappa shape index (κ3) is 1.13. The number of nitrogens with one attached hydrogen (secondary N) is 1. The van der Waals surface area contributed by atoms with Gasteiger partial charge >= 0.3 is 5.97 Å². The number of fused-ring (bicyclic) bond motifs is 3. The second kappa shape index (κ2) is 3.01. The van der Waals surface area contributed by atoms with E-state index in [9.17, 15) is 4.79 Å². The fourth-order valence-corrected chi connectivity index (χ4v) is 2.50. The first-order valence-corrected chi connectivity index (χ1v) is 5.33. The summed E-state index contributed by atoms with van der Waals surface area (Å²) in [7, 11) is 0. The molecule has 0 unspecified atom stereocenters. The normalized spacial score (nSPS) is 14.2. The van der Waals surface area contributed by atoms with Crippen LogP contribution in [0.5, 0.6) is 0 Å². The lowest BCUT2D eigenvalue weighted by Crippen LogP contribution is -1.98. The van der Waals surface area contributed by atoms with E-state index in [0.29, 0.717) is 5.69 Å². The summed E-state index contributed by atoms with van der Waals surface area (Å²) < 4.78 is 0. The van der Waals surface area contributed by atoms with Gasteiger partial charge in [0.25, 0.3) is 0 Å². The second-order valence-corrected chi connectivity index (χ2v) is 4.23. The number of carboxylic acids is 1. The molecular formula is C12H12N2O2. The number of anilines is 1. The molecule has 0 spiro atoms. The fourth-order valence-electron chi connectivity index (χ4n) is 2.50. The number of carbonyl (C=O) groups is 1. The van der Waals surface area contributed by atoms with Crippen LogP contribution in [0.4, 0.5) is 5.69 Å². The lowest BCUT2D eigenvalue weighted by Gasteiger charge is -2.01. The quantitative estimate of drug-likeness (QED) is 0.637. The molecule has 4 N–H and O–H groups in total. The third-order valence-electron chi connectivity index (χ3n) is 3.23. The second-order valence-electron chi connectivity index (χ2n) is 4.23. The lowest BCUT2D eigenvalue weighted by atomic mass is 10.1. The zero-order chi connectivity index (χ0) is 11.3. The Morgan fingerprint density at radius 1 is 1.38 bits per heavy atom. The molecule has 1 aliphatic rings. The highest BCUT2D eigenvalue weighted by molar-refractivity contribution is 6.01. The number of H-pyrrole nitrogens is 1. The van der Waals surface area contributed by atoms with Gasteiger partial charge in [-0.15, -0.1) is 0 Å². The van der Waals surface area contributed by atoms with Crippen molar-refractivity contribution in [1.29, 1.82) is 0 Å². The minimum atomic E-state index is -0.929. The van der Waals surface area contributed by atoms with Crippen molar-refractivity contribution in [3.63, 3.8) is 0 Å². The summed E-state index contributed by atoms with van der Waals surface area (Å²) >= 11 is 0. The zero-order valence-electron chi connectivity index (χ0n) is 8.71. The molecule has 82 valence electrons. The number of aromatic nitrogens is 1. The molecule has 4 heteroatoms. The molecule has 3 rings (SSSR count). The van der Waals surface area contributed by atoms with Crippen LogP contribution >= 0.6 is 0 Å². The van der Waals surface area contributed by atoms with Gasteiger partial charge in [-0.1, -0.05) is 0 Å². The molecule has 0 fully saturated rings. The van der Waals surface area contributed by atoms with E-state index in [1.807, 2.05) is 0 Å². The van der Waals surface area contributed by atoms with E-state index in [1.165, 1.54) is 17.3 Å². The number of aryl methyl sites for hydroxylation is 2. The van der Waals surface area contributed by atoms with Crippen LogP contribution in [0, 0.1) is 0 Å². The van der Waals surface area contributed by atoms with Gasteiger partial charge in [0.15, 0.2) is 0 Å². The number of aromatic amines is 1. The maximum absolute atomic E-state index is 11.0. The van der Waals surface area contributed by atoms with E-state index in [2.05, 4.69) is 4.98 Å². The SMILES string of the molecule is Nc1cc(C(=O)O)cc2c3c([nH]c12)CCC3. The van der Waals surface area contributed by atoms with Crippen molar-refractivity contribution in [2.45, 2.75) is 19.3 Å². The van der Waals surface area contributed by atoms with Crippen molar-refractivity contribution in [3.8, 4) is 0 Å². The average Bonchev–Trinajstić information content (AvgIpc) is 2.78. The predicted octanol–water partition coefficient (Wildman–Crippen LogP) is 1.94. The molecule has 4 nitrogen and oxygen atoms in total. The predicted molar refractivity (Wildman–Crippen MR) is 61.7 cm³/mol. The smallest absolute Gasteiger partial charge is 0.335 e. The summed E-state index contributed by atoms with van der Waals surface area (Å²) in [6, 6.07) is 3.23. The van der Waals surface area contributed by atoms with Crippen LogP contribution in [0.2, 0.25) is 0 Å². The zero-order valence-corrected chi connectivity index (χ0v) is 8.71. The highest BCUT2D eigenvalue weighted by Crippen LogP contribution is 2.33. The molecule has 0 aliphatic heterocycles. The standard InChI is InChI=1S/C12H12N2O2/c13-9-5-6(12(15)16)4-8-7-2-1-3-10(7)14-11(8)9/h4-5,14H,1-3,13H2,(H,15,16). The molecule has 1 aromatic heterocycles. The van der Waals surface area contributed by atoms with E-state index in [0.717, 1.165) is 30.2 Å². The van der Waals surface area contributed by atoms with E-state index in [4.69, 9.17) is 10.8 Å². The molecule has 1 aromatic carbocycles. The van der Waals surface area contributed by atoms with Gasteiger partial charge in [-0.2, -0.15) is 0 Å². The summed E-state index contributed by atoms with van der Waals surface area (Å²) in [5.74, 6) is -0.929. The largest absolute Gasteiger partial charge is 0.478 e. The Bertz CT molecular complexity index is 599. The van der Waals surface area contributed by atoms with Crippen LogP contribution < -0.4 is 5.73 Å². The first-order chi connectivity index (χ1) is 7.66. The lowest BCUT2D eigenvalue weighted by molar-refractivity contribution is 0.0697. The molecule has 0 atom stereocenters. The topological polar surface area (TPSA) is 79.1 Å². The number of aromatic carboxylic acids is 1. The van der Waals surface area contributed by atoms with Crippen molar-refractivity contribution in [2.24, 2.45) is 0 Å². The van der Waals surface area contributed by atoms with E-state index < -0.39 is 5.97 Å². The van der Waals surface area contributed by atoms with Crippen LogP contribution in [-0.4, -0.2) is 16.1 Å². The van der Waals surface area contributed by atoms with Crippen molar-refractivity contribution in [1.82, 2.24) is 4.98 Å². The van der Waals surface area contributed by atoms with Gasteiger partial charge in [-0.3, -0.25) is 0 Å². The van der Waals surface area contributed by atoms with Gasteiger partial charge in [0.05, 0.1) is 16.8 Å². The Morgan fingerprint density at radius 2 is 2.19 bits per heavy atom. The van der Waals surface area contributed by atoms with Crippen LogP contribution in [0.15, 0.2) is 12.1 Å². The third-order valence-corrected chi connectivity index (χ3v) is 3.23. The van der Waals surface area contributed by atoms with Gasteiger partial charge < -0.3 is 15.8 Å². The van der Waals surface area contributed by atoms with Crippen molar-refractivity contribution in [2.75, 3.05) is 5.73 Å². The van der Waals surface area contributed by atoms with E-state index >= 15 is 0 Å². The number of benzene rings is 1. The molecule has 2 aromatic rings.